The van der Waals surface area contributed by atoms with Crippen LogP contribution >= 0.6 is 0 Å². The van der Waals surface area contributed by atoms with Crippen LogP contribution in [0, 0.1) is 34.6 Å². The molecule has 3 nitrogen and oxygen atoms in total. The second kappa shape index (κ2) is 3.44. The quantitative estimate of drug-likeness (QED) is 0.681. The fourth-order valence-corrected chi connectivity index (χ4v) is 2.05. The van der Waals surface area contributed by atoms with Crippen molar-refractivity contribution in [1.29, 1.82) is 0 Å². The van der Waals surface area contributed by atoms with Crippen LogP contribution in [0.2, 0.25) is 0 Å². The van der Waals surface area contributed by atoms with Crippen molar-refractivity contribution < 1.29 is 4.42 Å². The van der Waals surface area contributed by atoms with Gasteiger partial charge >= 0.3 is 5.63 Å². The van der Waals surface area contributed by atoms with Crippen molar-refractivity contribution in [1.82, 2.24) is 4.98 Å². The van der Waals surface area contributed by atoms with Gasteiger partial charge in [0.15, 0.2) is 5.89 Å². The summed E-state index contributed by atoms with van der Waals surface area (Å²) in [6.07, 6.45) is 0. The number of benzene rings is 1. The molecular weight excluding hydrogens is 202 g/mol. The molecule has 2 rings (SSSR count). The first kappa shape index (κ1) is 10.9. The highest BCUT2D eigenvalue weighted by molar-refractivity contribution is 5.86. The molecule has 2 aromatic rings. The van der Waals surface area contributed by atoms with Gasteiger partial charge in [-0.25, -0.2) is 9.78 Å². The average Bonchev–Trinajstić information content (AvgIpc) is 2.22. The van der Waals surface area contributed by atoms with Gasteiger partial charge in [0.05, 0.1) is 10.9 Å². The lowest BCUT2D eigenvalue weighted by molar-refractivity contribution is 0.466. The van der Waals surface area contributed by atoms with E-state index < -0.39 is 0 Å². The number of nitrogens with zero attached hydrogens (tertiary/aromatic N) is 1. The van der Waals surface area contributed by atoms with Crippen molar-refractivity contribution in [3.05, 3.63) is 38.6 Å². The van der Waals surface area contributed by atoms with E-state index in [2.05, 4.69) is 11.9 Å². The smallest absolute Gasteiger partial charge is 0.347 e. The summed E-state index contributed by atoms with van der Waals surface area (Å²) in [7, 11) is 0. The number of hydrogen-bond acceptors (Lipinski definition) is 3. The Morgan fingerprint density at radius 2 is 1.44 bits per heavy atom. The minimum Gasteiger partial charge on any atom is -0.408 e. The van der Waals surface area contributed by atoms with E-state index in [9.17, 15) is 4.79 Å². The molecule has 0 bridgehead atoms. The summed E-state index contributed by atoms with van der Waals surface area (Å²) < 4.78 is 5.05. The SMILES string of the molecule is Cc1nc2c(C)c(C)c(C)c(C)c2c(=O)o1. The van der Waals surface area contributed by atoms with Gasteiger partial charge in [0.25, 0.3) is 0 Å². The molecule has 0 saturated carbocycles. The predicted octanol–water partition coefficient (Wildman–Crippen LogP) is 2.73. The lowest BCUT2D eigenvalue weighted by Crippen LogP contribution is -2.08. The zero-order valence-electron chi connectivity index (χ0n) is 10.3. The van der Waals surface area contributed by atoms with Gasteiger partial charge in [-0.15, -0.1) is 0 Å². The lowest BCUT2D eigenvalue weighted by atomic mass is 9.95. The molecule has 1 heterocycles. The first-order valence-electron chi connectivity index (χ1n) is 5.31. The summed E-state index contributed by atoms with van der Waals surface area (Å²) >= 11 is 0. The van der Waals surface area contributed by atoms with Crippen LogP contribution in [0.1, 0.15) is 28.1 Å². The number of aryl methyl sites for hydroxylation is 3. The molecule has 0 atom stereocenters. The number of rotatable bonds is 0. The molecule has 0 N–H and O–H groups in total. The normalized spacial score (nSPS) is 11.1. The largest absolute Gasteiger partial charge is 0.408 e. The molecule has 0 aliphatic rings. The van der Waals surface area contributed by atoms with E-state index in [1.54, 1.807) is 6.92 Å². The molecule has 0 saturated heterocycles. The topological polar surface area (TPSA) is 43.1 Å². The molecule has 16 heavy (non-hydrogen) atoms. The third-order valence-electron chi connectivity index (χ3n) is 3.37. The molecule has 0 aliphatic heterocycles. The maximum absolute atomic E-state index is 11.8. The monoisotopic (exact) mass is 217 g/mol. The predicted molar refractivity (Wildman–Crippen MR) is 64.0 cm³/mol. The highest BCUT2D eigenvalue weighted by Gasteiger charge is 2.14. The molecule has 3 heteroatoms. The summed E-state index contributed by atoms with van der Waals surface area (Å²) in [5, 5.41) is 0.617. The van der Waals surface area contributed by atoms with Gasteiger partial charge in [0, 0.05) is 6.92 Å². The van der Waals surface area contributed by atoms with Crippen LogP contribution in [0.5, 0.6) is 0 Å². The van der Waals surface area contributed by atoms with E-state index in [-0.39, 0.29) is 5.63 Å². The Balaban J connectivity index is 3.15. The fraction of sp³-hybridized carbons (Fsp3) is 0.385. The third kappa shape index (κ3) is 1.35. The van der Waals surface area contributed by atoms with Crippen molar-refractivity contribution in [3.63, 3.8) is 0 Å². The van der Waals surface area contributed by atoms with Crippen LogP contribution < -0.4 is 5.63 Å². The Labute approximate surface area is 94.1 Å². The van der Waals surface area contributed by atoms with Gasteiger partial charge in [0.1, 0.15) is 0 Å². The summed E-state index contributed by atoms with van der Waals surface area (Å²) in [6.45, 7) is 9.72. The van der Waals surface area contributed by atoms with E-state index in [1.165, 1.54) is 5.56 Å². The van der Waals surface area contributed by atoms with Crippen molar-refractivity contribution in [2.75, 3.05) is 0 Å². The van der Waals surface area contributed by atoms with E-state index in [4.69, 9.17) is 4.42 Å². The highest BCUT2D eigenvalue weighted by atomic mass is 16.4. The first-order valence-corrected chi connectivity index (χ1v) is 5.31. The Morgan fingerprint density at radius 3 is 2.06 bits per heavy atom. The first-order chi connectivity index (χ1) is 7.43. The minimum absolute atomic E-state index is 0.286. The molecule has 0 fully saturated rings. The standard InChI is InChI=1S/C13H15NO2/c1-6-7(2)9(4)12-11(8(6)3)13(15)16-10(5)14-12/h1-5H3. The molecule has 0 aliphatic carbocycles. The minimum atomic E-state index is -0.286. The van der Waals surface area contributed by atoms with Gasteiger partial charge in [-0.1, -0.05) is 0 Å². The van der Waals surface area contributed by atoms with E-state index in [0.29, 0.717) is 11.3 Å². The zero-order valence-corrected chi connectivity index (χ0v) is 10.3. The van der Waals surface area contributed by atoms with Crippen LogP contribution in [-0.2, 0) is 0 Å². The van der Waals surface area contributed by atoms with Gasteiger partial charge in [0.2, 0.25) is 0 Å². The number of hydrogen-bond donors (Lipinski definition) is 0. The fourth-order valence-electron chi connectivity index (χ4n) is 2.05. The Bertz CT molecular complexity index is 639. The zero-order chi connectivity index (χ0) is 12.0. The van der Waals surface area contributed by atoms with Crippen LogP contribution in [-0.4, -0.2) is 4.98 Å². The summed E-state index contributed by atoms with van der Waals surface area (Å²) in [5.74, 6) is 0.420. The van der Waals surface area contributed by atoms with Gasteiger partial charge in [-0.3, -0.25) is 0 Å². The molecule has 0 amide bonds. The van der Waals surface area contributed by atoms with Crippen molar-refractivity contribution in [3.8, 4) is 0 Å². The molecule has 1 aromatic heterocycles. The molecule has 0 spiro atoms. The van der Waals surface area contributed by atoms with E-state index in [1.807, 2.05) is 20.8 Å². The molecule has 1 aromatic carbocycles. The van der Waals surface area contributed by atoms with Crippen LogP contribution in [0.4, 0.5) is 0 Å². The van der Waals surface area contributed by atoms with Crippen LogP contribution in [0.3, 0.4) is 0 Å². The van der Waals surface area contributed by atoms with Crippen molar-refractivity contribution in [2.45, 2.75) is 34.6 Å². The summed E-state index contributed by atoms with van der Waals surface area (Å²) in [6, 6.07) is 0. The molecule has 0 unspecified atom stereocenters. The Kier molecular flexibility index (Phi) is 2.34. The number of fused-ring (bicyclic) bond motifs is 1. The maximum Gasteiger partial charge on any atom is 0.347 e. The second-order valence-electron chi connectivity index (χ2n) is 4.24. The second-order valence-corrected chi connectivity index (χ2v) is 4.24. The Hall–Kier alpha value is -1.64. The molecule has 0 radical (unpaired) electrons. The van der Waals surface area contributed by atoms with Gasteiger partial charge in [-0.05, 0) is 49.9 Å². The van der Waals surface area contributed by atoms with Crippen LogP contribution in [0.25, 0.3) is 10.9 Å². The average molecular weight is 217 g/mol. The molecular formula is C13H15NO2. The third-order valence-corrected chi connectivity index (χ3v) is 3.37. The van der Waals surface area contributed by atoms with Gasteiger partial charge in [-0.2, -0.15) is 0 Å². The summed E-state index contributed by atoms with van der Waals surface area (Å²) in [5.41, 5.74) is 4.86. The Morgan fingerprint density at radius 1 is 0.875 bits per heavy atom. The summed E-state index contributed by atoms with van der Waals surface area (Å²) in [4.78, 5) is 16.2. The van der Waals surface area contributed by atoms with E-state index >= 15 is 0 Å². The van der Waals surface area contributed by atoms with Crippen LogP contribution in [0.15, 0.2) is 9.21 Å². The lowest BCUT2D eigenvalue weighted by Gasteiger charge is -2.12. The number of aromatic nitrogens is 1. The van der Waals surface area contributed by atoms with E-state index in [0.717, 1.165) is 22.2 Å². The maximum atomic E-state index is 11.8. The van der Waals surface area contributed by atoms with Crippen molar-refractivity contribution >= 4 is 10.9 Å². The van der Waals surface area contributed by atoms with Crippen molar-refractivity contribution in [2.24, 2.45) is 0 Å². The molecule has 84 valence electrons. The van der Waals surface area contributed by atoms with Gasteiger partial charge < -0.3 is 4.42 Å². The highest BCUT2D eigenvalue weighted by Crippen LogP contribution is 2.25.